The number of nitrogens with zero attached hydrogens (tertiary/aromatic N) is 3. The maximum Gasteiger partial charge on any atom is 0.224 e. The summed E-state index contributed by atoms with van der Waals surface area (Å²) in [7, 11) is 0. The maximum atomic E-state index is 11.9. The second-order valence-electron chi connectivity index (χ2n) is 4.75. The zero-order valence-electron chi connectivity index (χ0n) is 11.3. The molecule has 0 aliphatic carbocycles. The number of carbonyl (C=O) groups is 1. The number of rotatable bonds is 6. The van der Waals surface area contributed by atoms with Gasteiger partial charge < -0.3 is 10.4 Å². The fraction of sp³-hybridized carbons (Fsp3) is 0.333. The first-order chi connectivity index (χ1) is 10.1. The minimum Gasteiger partial charge on any atom is -0.504 e. The molecule has 2 N–H and O–H groups in total. The minimum absolute atomic E-state index is 0.116. The number of terminal acetylenes is 1. The zero-order valence-corrected chi connectivity index (χ0v) is 11.3. The molecule has 106 valence electrons. The van der Waals surface area contributed by atoms with Gasteiger partial charge in [-0.05, 0) is 12.1 Å². The number of anilines is 1. The summed E-state index contributed by atoms with van der Waals surface area (Å²) in [6, 6.07) is 6.45. The van der Waals surface area contributed by atoms with E-state index in [2.05, 4.69) is 21.5 Å². The standard InChI is InChI=1S/C15H14N4O2/c1-2-3-8-15(18-19-15)9-7-13(20)17-12-6-4-5-11(10-16)14(12)21/h1,4-6,21H,3,7-9H2,(H,17,20). The molecule has 2 rings (SSSR count). The van der Waals surface area contributed by atoms with Crippen molar-refractivity contribution < 1.29 is 9.90 Å². The lowest BCUT2D eigenvalue weighted by Gasteiger charge is -2.10. The Balaban J connectivity index is 1.89. The van der Waals surface area contributed by atoms with Gasteiger partial charge in [-0.3, -0.25) is 4.79 Å². The molecule has 1 aliphatic rings. The molecule has 0 atom stereocenters. The van der Waals surface area contributed by atoms with Gasteiger partial charge in [0.1, 0.15) is 6.07 Å². The van der Waals surface area contributed by atoms with E-state index < -0.39 is 5.66 Å². The van der Waals surface area contributed by atoms with Gasteiger partial charge in [0.15, 0.2) is 11.4 Å². The molecular formula is C15H14N4O2. The number of benzene rings is 1. The van der Waals surface area contributed by atoms with Crippen LogP contribution in [-0.2, 0) is 4.79 Å². The summed E-state index contributed by atoms with van der Waals surface area (Å²) >= 11 is 0. The van der Waals surface area contributed by atoms with Crippen LogP contribution in [0.1, 0.15) is 31.2 Å². The highest BCUT2D eigenvalue weighted by molar-refractivity contribution is 5.92. The van der Waals surface area contributed by atoms with Crippen molar-refractivity contribution in [3.05, 3.63) is 23.8 Å². The van der Waals surface area contributed by atoms with E-state index >= 15 is 0 Å². The lowest BCUT2D eigenvalue weighted by Crippen LogP contribution is -2.17. The number of aromatic hydroxyl groups is 1. The number of phenols is 1. The first-order valence-electron chi connectivity index (χ1n) is 6.50. The van der Waals surface area contributed by atoms with Crippen molar-refractivity contribution in [2.75, 3.05) is 5.32 Å². The molecule has 1 aromatic rings. The van der Waals surface area contributed by atoms with Crippen LogP contribution in [0.5, 0.6) is 5.75 Å². The molecule has 6 heteroatoms. The second-order valence-corrected chi connectivity index (χ2v) is 4.75. The van der Waals surface area contributed by atoms with Crippen molar-refractivity contribution >= 4 is 11.6 Å². The first kappa shape index (κ1) is 14.5. The van der Waals surface area contributed by atoms with Crippen LogP contribution in [0.2, 0.25) is 0 Å². The zero-order chi connectivity index (χ0) is 15.3. The topological polar surface area (TPSA) is 97.8 Å². The number of nitrogens with one attached hydrogen (secondary N) is 1. The van der Waals surface area contributed by atoms with Crippen molar-refractivity contribution in [2.45, 2.75) is 31.3 Å². The van der Waals surface area contributed by atoms with Gasteiger partial charge in [-0.15, -0.1) is 12.3 Å². The summed E-state index contributed by atoms with van der Waals surface area (Å²) in [5, 5.41) is 29.1. The second kappa shape index (κ2) is 6.06. The molecule has 0 bridgehead atoms. The van der Waals surface area contributed by atoms with Crippen LogP contribution < -0.4 is 5.32 Å². The fourth-order valence-corrected chi connectivity index (χ4v) is 1.93. The van der Waals surface area contributed by atoms with Crippen LogP contribution in [-0.4, -0.2) is 16.7 Å². The number of hydrogen-bond donors (Lipinski definition) is 2. The Labute approximate surface area is 122 Å². The SMILES string of the molecule is C#CCCC1(CCC(=O)Nc2cccc(C#N)c2O)N=N1. The number of nitriles is 1. The van der Waals surface area contributed by atoms with Gasteiger partial charge in [0.25, 0.3) is 0 Å². The summed E-state index contributed by atoms with van der Waals surface area (Å²) < 4.78 is 0. The predicted molar refractivity (Wildman–Crippen MR) is 76.3 cm³/mol. The third-order valence-electron chi connectivity index (χ3n) is 3.24. The van der Waals surface area contributed by atoms with Crippen molar-refractivity contribution in [3.63, 3.8) is 0 Å². The molecule has 0 aromatic heterocycles. The monoisotopic (exact) mass is 282 g/mol. The summed E-state index contributed by atoms with van der Waals surface area (Å²) in [5.74, 6) is 2.04. The highest BCUT2D eigenvalue weighted by Gasteiger charge is 2.39. The Kier molecular flexibility index (Phi) is 4.20. The molecule has 1 heterocycles. The van der Waals surface area contributed by atoms with Gasteiger partial charge in [-0.2, -0.15) is 15.5 Å². The average Bonchev–Trinajstić information content (AvgIpc) is 3.26. The Hall–Kier alpha value is -2.86. The van der Waals surface area contributed by atoms with E-state index in [1.165, 1.54) is 12.1 Å². The molecule has 1 amide bonds. The van der Waals surface area contributed by atoms with Crippen molar-refractivity contribution in [1.82, 2.24) is 0 Å². The van der Waals surface area contributed by atoms with E-state index in [0.717, 1.165) is 0 Å². The summed E-state index contributed by atoms with van der Waals surface area (Å²) in [6.45, 7) is 0. The molecule has 6 nitrogen and oxygen atoms in total. The molecule has 0 fully saturated rings. The molecule has 0 saturated carbocycles. The summed E-state index contributed by atoms with van der Waals surface area (Å²) in [4.78, 5) is 11.9. The molecule has 1 aliphatic heterocycles. The fourth-order valence-electron chi connectivity index (χ4n) is 1.93. The Bertz CT molecular complexity index is 661. The number of phenolic OH excluding ortho intramolecular Hbond substituents is 1. The van der Waals surface area contributed by atoms with Crippen molar-refractivity contribution in [3.8, 4) is 24.2 Å². The van der Waals surface area contributed by atoms with Gasteiger partial charge in [-0.25, -0.2) is 0 Å². The highest BCUT2D eigenvalue weighted by Crippen LogP contribution is 2.37. The van der Waals surface area contributed by atoms with Gasteiger partial charge in [-0.1, -0.05) is 6.07 Å². The number of hydrogen-bond acceptors (Lipinski definition) is 5. The van der Waals surface area contributed by atoms with Gasteiger partial charge >= 0.3 is 0 Å². The molecule has 0 saturated heterocycles. The van der Waals surface area contributed by atoms with Crippen LogP contribution in [0.3, 0.4) is 0 Å². The largest absolute Gasteiger partial charge is 0.504 e. The minimum atomic E-state index is -0.500. The quantitative estimate of drug-likeness (QED) is 0.619. The van der Waals surface area contributed by atoms with E-state index in [9.17, 15) is 9.90 Å². The summed E-state index contributed by atoms with van der Waals surface area (Å²) in [6.07, 6.45) is 7.11. The molecular weight excluding hydrogens is 268 g/mol. The maximum absolute atomic E-state index is 11.9. The Morgan fingerprint density at radius 2 is 2.19 bits per heavy atom. The van der Waals surface area contributed by atoms with E-state index in [0.29, 0.717) is 19.3 Å². The van der Waals surface area contributed by atoms with Gasteiger partial charge in [0.2, 0.25) is 5.91 Å². The summed E-state index contributed by atoms with van der Waals surface area (Å²) in [5.41, 5.74) is -0.160. The first-order valence-corrected chi connectivity index (χ1v) is 6.50. The van der Waals surface area contributed by atoms with Crippen LogP contribution in [0.25, 0.3) is 0 Å². The number of para-hydroxylation sites is 1. The van der Waals surface area contributed by atoms with E-state index in [1.807, 2.05) is 6.07 Å². The van der Waals surface area contributed by atoms with Gasteiger partial charge in [0, 0.05) is 25.7 Å². The van der Waals surface area contributed by atoms with Crippen molar-refractivity contribution in [1.29, 1.82) is 5.26 Å². The van der Waals surface area contributed by atoms with E-state index in [-0.39, 0.29) is 29.3 Å². The lowest BCUT2D eigenvalue weighted by atomic mass is 10.0. The van der Waals surface area contributed by atoms with Crippen LogP contribution in [0.15, 0.2) is 28.4 Å². The van der Waals surface area contributed by atoms with Crippen LogP contribution >= 0.6 is 0 Å². The smallest absolute Gasteiger partial charge is 0.224 e. The van der Waals surface area contributed by atoms with E-state index in [4.69, 9.17) is 11.7 Å². The Morgan fingerprint density at radius 1 is 1.43 bits per heavy atom. The Morgan fingerprint density at radius 3 is 2.81 bits per heavy atom. The third kappa shape index (κ3) is 3.58. The number of carbonyl (C=O) groups excluding carboxylic acids is 1. The predicted octanol–water partition coefficient (Wildman–Crippen LogP) is 2.56. The lowest BCUT2D eigenvalue weighted by molar-refractivity contribution is -0.116. The molecule has 1 aromatic carbocycles. The van der Waals surface area contributed by atoms with Crippen LogP contribution in [0.4, 0.5) is 5.69 Å². The normalized spacial score (nSPS) is 14.0. The average molecular weight is 282 g/mol. The molecule has 21 heavy (non-hydrogen) atoms. The van der Waals surface area contributed by atoms with Gasteiger partial charge in [0.05, 0.1) is 11.3 Å². The highest BCUT2D eigenvalue weighted by atomic mass is 16.3. The van der Waals surface area contributed by atoms with E-state index in [1.54, 1.807) is 6.07 Å². The third-order valence-corrected chi connectivity index (χ3v) is 3.24. The molecule has 0 radical (unpaired) electrons. The number of amides is 1. The molecule has 0 unspecified atom stereocenters. The molecule has 0 spiro atoms. The van der Waals surface area contributed by atoms with Crippen molar-refractivity contribution in [2.24, 2.45) is 10.2 Å². The van der Waals surface area contributed by atoms with Crippen LogP contribution in [0, 0.1) is 23.7 Å².